The Morgan fingerprint density at radius 3 is 2.36 bits per heavy atom. The van der Waals surface area contributed by atoms with Crippen LogP contribution in [0.15, 0.2) is 71.1 Å². The van der Waals surface area contributed by atoms with E-state index in [9.17, 15) is 5.11 Å². The molecule has 4 aromatic rings. The average Bonchev–Trinajstić information content (AvgIpc) is 2.99. The highest BCUT2D eigenvalue weighted by Gasteiger charge is 2.13. The number of pyridine rings is 1. The Morgan fingerprint density at radius 1 is 0.773 bits per heavy atom. The molecule has 0 amide bonds. The van der Waals surface area contributed by atoms with Crippen molar-refractivity contribution in [2.24, 2.45) is 0 Å². The topological polar surface area (TPSA) is 59.2 Å². The van der Waals surface area contributed by atoms with Crippen molar-refractivity contribution in [1.82, 2.24) is 9.97 Å². The quantitative estimate of drug-likeness (QED) is 0.598. The first-order valence-electron chi connectivity index (χ1n) is 6.92. The third kappa shape index (κ3) is 2.11. The van der Waals surface area contributed by atoms with Gasteiger partial charge in [0.05, 0.1) is 11.3 Å². The SMILES string of the molecule is Oc1ccccc1-c1nc2nc(-c3ccccc3)ccc2o1. The van der Waals surface area contributed by atoms with E-state index in [1.807, 2.05) is 48.5 Å². The molecule has 0 radical (unpaired) electrons. The van der Waals surface area contributed by atoms with E-state index in [4.69, 9.17) is 4.42 Å². The normalized spacial score (nSPS) is 10.9. The smallest absolute Gasteiger partial charge is 0.232 e. The second kappa shape index (κ2) is 5.00. The lowest BCUT2D eigenvalue weighted by atomic mass is 10.1. The highest BCUT2D eigenvalue weighted by molar-refractivity contribution is 5.77. The summed E-state index contributed by atoms with van der Waals surface area (Å²) >= 11 is 0. The van der Waals surface area contributed by atoms with Crippen LogP contribution in [0.3, 0.4) is 0 Å². The van der Waals surface area contributed by atoms with Crippen molar-refractivity contribution in [3.8, 4) is 28.5 Å². The fourth-order valence-electron chi connectivity index (χ4n) is 2.36. The number of benzene rings is 2. The van der Waals surface area contributed by atoms with Gasteiger partial charge in [0.15, 0.2) is 11.2 Å². The molecule has 0 spiro atoms. The predicted octanol–water partition coefficient (Wildman–Crippen LogP) is 4.26. The van der Waals surface area contributed by atoms with Crippen molar-refractivity contribution in [3.05, 3.63) is 66.7 Å². The number of para-hydroxylation sites is 1. The zero-order valence-corrected chi connectivity index (χ0v) is 11.6. The fraction of sp³-hybridized carbons (Fsp3) is 0. The van der Waals surface area contributed by atoms with Gasteiger partial charge in [0.1, 0.15) is 5.75 Å². The lowest BCUT2D eigenvalue weighted by Gasteiger charge is -1.98. The minimum Gasteiger partial charge on any atom is -0.507 e. The monoisotopic (exact) mass is 288 g/mol. The standard InChI is InChI=1S/C18H12N2O2/c21-15-9-5-4-8-13(15)18-20-17-16(22-18)11-10-14(19-17)12-6-2-1-3-7-12/h1-11,21H. The highest BCUT2D eigenvalue weighted by atomic mass is 16.4. The number of hydrogen-bond acceptors (Lipinski definition) is 4. The van der Waals surface area contributed by atoms with Gasteiger partial charge >= 0.3 is 0 Å². The lowest BCUT2D eigenvalue weighted by molar-refractivity contribution is 0.474. The van der Waals surface area contributed by atoms with Gasteiger partial charge in [-0.15, -0.1) is 0 Å². The molecule has 0 saturated heterocycles. The number of oxazole rings is 1. The summed E-state index contributed by atoms with van der Waals surface area (Å²) in [6.07, 6.45) is 0. The van der Waals surface area contributed by atoms with Crippen molar-refractivity contribution in [2.45, 2.75) is 0 Å². The molecule has 0 saturated carbocycles. The van der Waals surface area contributed by atoms with Crippen LogP contribution in [0.25, 0.3) is 33.9 Å². The van der Waals surface area contributed by atoms with Gasteiger partial charge in [-0.25, -0.2) is 4.98 Å². The number of fused-ring (bicyclic) bond motifs is 1. The fourth-order valence-corrected chi connectivity index (χ4v) is 2.36. The summed E-state index contributed by atoms with van der Waals surface area (Å²) in [4.78, 5) is 8.93. The summed E-state index contributed by atoms with van der Waals surface area (Å²) in [5.41, 5.74) is 3.54. The molecule has 4 heteroatoms. The molecular weight excluding hydrogens is 276 g/mol. The number of aromatic nitrogens is 2. The lowest BCUT2D eigenvalue weighted by Crippen LogP contribution is -1.84. The van der Waals surface area contributed by atoms with Crippen molar-refractivity contribution >= 4 is 11.2 Å². The number of aromatic hydroxyl groups is 1. The van der Waals surface area contributed by atoms with E-state index in [1.165, 1.54) is 0 Å². The molecule has 22 heavy (non-hydrogen) atoms. The molecule has 106 valence electrons. The van der Waals surface area contributed by atoms with Crippen LogP contribution in [0.5, 0.6) is 5.75 Å². The van der Waals surface area contributed by atoms with Crippen LogP contribution >= 0.6 is 0 Å². The zero-order chi connectivity index (χ0) is 14.9. The van der Waals surface area contributed by atoms with Gasteiger partial charge in [0, 0.05) is 5.56 Å². The first kappa shape index (κ1) is 12.6. The van der Waals surface area contributed by atoms with Crippen LogP contribution in [0, 0.1) is 0 Å². The van der Waals surface area contributed by atoms with Gasteiger partial charge in [-0.3, -0.25) is 0 Å². The van der Waals surface area contributed by atoms with Gasteiger partial charge < -0.3 is 9.52 Å². The van der Waals surface area contributed by atoms with Crippen LogP contribution in [-0.2, 0) is 0 Å². The van der Waals surface area contributed by atoms with Crippen LogP contribution < -0.4 is 0 Å². The Balaban J connectivity index is 1.84. The molecular formula is C18H12N2O2. The largest absolute Gasteiger partial charge is 0.507 e. The Bertz CT molecular complexity index is 946. The molecule has 4 rings (SSSR count). The molecule has 0 bridgehead atoms. The molecule has 0 fully saturated rings. The Labute approximate surface area is 126 Å². The van der Waals surface area contributed by atoms with Gasteiger partial charge in [0.2, 0.25) is 5.89 Å². The molecule has 0 atom stereocenters. The summed E-state index contributed by atoms with van der Waals surface area (Å²) in [7, 11) is 0. The van der Waals surface area contributed by atoms with Crippen LogP contribution in [0.2, 0.25) is 0 Å². The molecule has 2 aromatic heterocycles. The molecule has 0 aliphatic heterocycles. The summed E-state index contributed by atoms with van der Waals surface area (Å²) in [5, 5.41) is 9.90. The maximum absolute atomic E-state index is 9.90. The maximum Gasteiger partial charge on any atom is 0.232 e. The van der Waals surface area contributed by atoms with Crippen molar-refractivity contribution in [2.75, 3.05) is 0 Å². The number of nitrogens with zero attached hydrogens (tertiary/aromatic N) is 2. The van der Waals surface area contributed by atoms with E-state index in [1.54, 1.807) is 18.2 Å². The third-order valence-corrected chi connectivity index (χ3v) is 3.46. The van der Waals surface area contributed by atoms with Crippen LogP contribution in [0.4, 0.5) is 0 Å². The van der Waals surface area contributed by atoms with Gasteiger partial charge in [-0.2, -0.15) is 4.98 Å². The highest BCUT2D eigenvalue weighted by Crippen LogP contribution is 2.30. The molecule has 2 aromatic carbocycles. The van der Waals surface area contributed by atoms with Crippen molar-refractivity contribution in [3.63, 3.8) is 0 Å². The third-order valence-electron chi connectivity index (χ3n) is 3.46. The summed E-state index contributed by atoms with van der Waals surface area (Å²) in [6.45, 7) is 0. The molecule has 0 aliphatic rings. The number of phenolic OH excluding ortho intramolecular Hbond substituents is 1. The zero-order valence-electron chi connectivity index (χ0n) is 11.6. The van der Waals surface area contributed by atoms with E-state index >= 15 is 0 Å². The average molecular weight is 288 g/mol. The van der Waals surface area contributed by atoms with Crippen LogP contribution in [-0.4, -0.2) is 15.1 Å². The Hall–Kier alpha value is -3.14. The second-order valence-electron chi connectivity index (χ2n) is 4.92. The molecule has 0 unspecified atom stereocenters. The molecule has 4 nitrogen and oxygen atoms in total. The first-order chi connectivity index (χ1) is 10.8. The molecule has 1 N–H and O–H groups in total. The Kier molecular flexibility index (Phi) is 2.86. The van der Waals surface area contributed by atoms with Crippen molar-refractivity contribution in [1.29, 1.82) is 0 Å². The van der Waals surface area contributed by atoms with E-state index < -0.39 is 0 Å². The molecule has 2 heterocycles. The maximum atomic E-state index is 9.90. The first-order valence-corrected chi connectivity index (χ1v) is 6.92. The Morgan fingerprint density at radius 2 is 1.55 bits per heavy atom. The van der Waals surface area contributed by atoms with Crippen LogP contribution in [0.1, 0.15) is 0 Å². The number of phenols is 1. The van der Waals surface area contributed by atoms with E-state index in [2.05, 4.69) is 9.97 Å². The summed E-state index contributed by atoms with van der Waals surface area (Å²) in [5.74, 6) is 0.503. The van der Waals surface area contributed by atoms with E-state index in [0.29, 0.717) is 22.7 Å². The minimum absolute atomic E-state index is 0.136. The van der Waals surface area contributed by atoms with E-state index in [-0.39, 0.29) is 5.75 Å². The van der Waals surface area contributed by atoms with E-state index in [0.717, 1.165) is 11.3 Å². The number of rotatable bonds is 2. The summed E-state index contributed by atoms with van der Waals surface area (Å²) in [6, 6.07) is 20.6. The molecule has 0 aliphatic carbocycles. The van der Waals surface area contributed by atoms with Gasteiger partial charge in [-0.05, 0) is 24.3 Å². The van der Waals surface area contributed by atoms with Gasteiger partial charge in [-0.1, -0.05) is 42.5 Å². The number of hydrogen-bond donors (Lipinski definition) is 1. The summed E-state index contributed by atoms with van der Waals surface area (Å²) < 4.78 is 5.69. The van der Waals surface area contributed by atoms with Crippen molar-refractivity contribution < 1.29 is 9.52 Å². The van der Waals surface area contributed by atoms with Gasteiger partial charge in [0.25, 0.3) is 0 Å². The minimum atomic E-state index is 0.136. The second-order valence-corrected chi connectivity index (χ2v) is 4.92. The predicted molar refractivity (Wildman–Crippen MR) is 84.3 cm³/mol.